The van der Waals surface area contributed by atoms with E-state index in [1.807, 2.05) is 13.8 Å². The molecule has 0 aromatic rings. The summed E-state index contributed by atoms with van der Waals surface area (Å²) in [5.41, 5.74) is -0.833. The first-order valence-corrected chi connectivity index (χ1v) is 9.71. The molecule has 2 atom stereocenters. The van der Waals surface area contributed by atoms with Crippen LogP contribution in [0.5, 0.6) is 0 Å². The number of sulfonamides is 1. The van der Waals surface area contributed by atoms with E-state index in [1.54, 1.807) is 13.8 Å². The highest BCUT2D eigenvalue weighted by Crippen LogP contribution is 2.37. The first-order chi connectivity index (χ1) is 10.1. The molecule has 2 aliphatic rings. The van der Waals surface area contributed by atoms with Gasteiger partial charge in [0.1, 0.15) is 0 Å². The van der Waals surface area contributed by atoms with Crippen LogP contribution in [0.25, 0.3) is 0 Å². The Morgan fingerprint density at radius 2 is 1.91 bits per heavy atom. The molecule has 0 spiro atoms. The third-order valence-electron chi connectivity index (χ3n) is 4.04. The lowest BCUT2D eigenvalue weighted by Gasteiger charge is -2.27. The van der Waals surface area contributed by atoms with Gasteiger partial charge in [0.2, 0.25) is 10.0 Å². The number of rotatable bonds is 7. The SMILES string of the molecule is CC(C)OC(C)(C)CS(=O)(=O)NC(=O)C1CCC(C2CC2)N1. The summed E-state index contributed by atoms with van der Waals surface area (Å²) in [5, 5.41) is 3.26. The largest absolute Gasteiger partial charge is 0.372 e. The molecule has 0 aromatic heterocycles. The third-order valence-corrected chi connectivity index (χ3v) is 5.63. The molecule has 7 heteroatoms. The molecule has 6 nitrogen and oxygen atoms in total. The molecule has 2 rings (SSSR count). The Morgan fingerprint density at radius 3 is 2.45 bits per heavy atom. The molecule has 1 aliphatic carbocycles. The van der Waals surface area contributed by atoms with Crippen LogP contribution >= 0.6 is 0 Å². The van der Waals surface area contributed by atoms with Crippen LogP contribution in [-0.2, 0) is 19.6 Å². The Hall–Kier alpha value is -0.660. The molecule has 0 aromatic carbocycles. The van der Waals surface area contributed by atoms with Crippen LogP contribution in [0.15, 0.2) is 0 Å². The summed E-state index contributed by atoms with van der Waals surface area (Å²) in [6.07, 6.45) is 4.01. The number of carbonyl (C=O) groups is 1. The Kier molecular flexibility index (Phi) is 5.19. The van der Waals surface area contributed by atoms with Gasteiger partial charge in [-0.15, -0.1) is 0 Å². The van der Waals surface area contributed by atoms with E-state index in [-0.39, 0.29) is 11.9 Å². The van der Waals surface area contributed by atoms with E-state index in [9.17, 15) is 13.2 Å². The smallest absolute Gasteiger partial charge is 0.250 e. The van der Waals surface area contributed by atoms with Crippen molar-refractivity contribution < 1.29 is 17.9 Å². The predicted octanol–water partition coefficient (Wildman–Crippen LogP) is 1.17. The second-order valence-corrected chi connectivity index (χ2v) is 9.11. The van der Waals surface area contributed by atoms with Crippen molar-refractivity contribution in [3.05, 3.63) is 0 Å². The molecule has 1 heterocycles. The van der Waals surface area contributed by atoms with E-state index in [0.29, 0.717) is 18.4 Å². The van der Waals surface area contributed by atoms with Crippen LogP contribution < -0.4 is 10.0 Å². The van der Waals surface area contributed by atoms with Crippen LogP contribution in [0.2, 0.25) is 0 Å². The minimum absolute atomic E-state index is 0.0725. The van der Waals surface area contributed by atoms with Crippen molar-refractivity contribution in [2.45, 2.75) is 77.2 Å². The highest BCUT2D eigenvalue weighted by Gasteiger charge is 2.39. The fourth-order valence-corrected chi connectivity index (χ4v) is 4.74. The zero-order valence-corrected chi connectivity index (χ0v) is 14.7. The molecule has 1 aliphatic heterocycles. The summed E-state index contributed by atoms with van der Waals surface area (Å²) in [4.78, 5) is 12.2. The Morgan fingerprint density at radius 1 is 1.27 bits per heavy atom. The van der Waals surface area contributed by atoms with E-state index in [0.717, 1.165) is 6.42 Å². The molecular formula is C15H28N2O4S. The molecule has 1 amide bonds. The Balaban J connectivity index is 1.86. The van der Waals surface area contributed by atoms with Gasteiger partial charge >= 0.3 is 0 Å². The molecule has 1 saturated carbocycles. The first-order valence-electron chi connectivity index (χ1n) is 8.06. The average molecular weight is 332 g/mol. The van der Waals surface area contributed by atoms with Gasteiger partial charge < -0.3 is 10.1 Å². The summed E-state index contributed by atoms with van der Waals surface area (Å²) in [6, 6.07) is -0.0197. The van der Waals surface area contributed by atoms with Crippen molar-refractivity contribution in [2.24, 2.45) is 5.92 Å². The number of amides is 1. The van der Waals surface area contributed by atoms with Crippen molar-refractivity contribution in [1.29, 1.82) is 0 Å². The lowest BCUT2D eigenvalue weighted by Crippen LogP contribution is -2.48. The van der Waals surface area contributed by atoms with E-state index in [1.165, 1.54) is 12.8 Å². The number of ether oxygens (including phenoxy) is 1. The second-order valence-electron chi connectivity index (χ2n) is 7.39. The van der Waals surface area contributed by atoms with Crippen molar-refractivity contribution in [3.8, 4) is 0 Å². The fraction of sp³-hybridized carbons (Fsp3) is 0.933. The third kappa shape index (κ3) is 5.21. The van der Waals surface area contributed by atoms with Gasteiger partial charge in [-0.25, -0.2) is 8.42 Å². The molecular weight excluding hydrogens is 304 g/mol. The van der Waals surface area contributed by atoms with Gasteiger partial charge in [0.05, 0.1) is 23.5 Å². The van der Waals surface area contributed by atoms with Crippen molar-refractivity contribution >= 4 is 15.9 Å². The second kappa shape index (κ2) is 6.45. The molecule has 2 fully saturated rings. The van der Waals surface area contributed by atoms with Crippen LogP contribution in [0, 0.1) is 5.92 Å². The van der Waals surface area contributed by atoms with Gasteiger partial charge in [-0.1, -0.05) is 0 Å². The molecule has 1 saturated heterocycles. The minimum atomic E-state index is -3.71. The van der Waals surface area contributed by atoms with Crippen LogP contribution in [0.4, 0.5) is 0 Å². The Bertz CT molecular complexity index is 512. The molecule has 22 heavy (non-hydrogen) atoms. The van der Waals surface area contributed by atoms with E-state index >= 15 is 0 Å². The summed E-state index contributed by atoms with van der Waals surface area (Å²) < 4.78 is 32.2. The molecule has 2 unspecified atom stereocenters. The van der Waals surface area contributed by atoms with Gasteiger partial charge in [0, 0.05) is 6.04 Å². The summed E-state index contributed by atoms with van der Waals surface area (Å²) in [5.74, 6) is -0.000773. The van der Waals surface area contributed by atoms with Gasteiger partial charge in [-0.2, -0.15) is 0 Å². The number of hydrogen-bond donors (Lipinski definition) is 2. The first kappa shape index (κ1) is 17.7. The standard InChI is InChI=1S/C15H28N2O4S/c1-10(2)21-15(3,4)9-22(19,20)17-14(18)13-8-7-12(16-13)11-5-6-11/h10-13,16H,5-9H2,1-4H3,(H,17,18). The molecule has 2 N–H and O–H groups in total. The van der Waals surface area contributed by atoms with E-state index < -0.39 is 27.6 Å². The Labute approximate surface area is 133 Å². The summed E-state index contributed by atoms with van der Waals surface area (Å²) >= 11 is 0. The van der Waals surface area contributed by atoms with Gasteiger partial charge in [0.25, 0.3) is 5.91 Å². The lowest BCUT2D eigenvalue weighted by atomic mass is 10.1. The number of carbonyl (C=O) groups excluding carboxylic acids is 1. The predicted molar refractivity (Wildman–Crippen MR) is 84.9 cm³/mol. The van der Waals surface area contributed by atoms with Gasteiger partial charge in [-0.3, -0.25) is 9.52 Å². The quantitative estimate of drug-likeness (QED) is 0.731. The highest BCUT2D eigenvalue weighted by molar-refractivity contribution is 7.90. The highest BCUT2D eigenvalue weighted by atomic mass is 32.2. The van der Waals surface area contributed by atoms with E-state index in [2.05, 4.69) is 10.0 Å². The lowest BCUT2D eigenvalue weighted by molar-refractivity contribution is -0.121. The summed E-state index contributed by atoms with van der Waals surface area (Å²) in [6.45, 7) is 7.14. The molecule has 128 valence electrons. The maximum Gasteiger partial charge on any atom is 0.250 e. The summed E-state index contributed by atoms with van der Waals surface area (Å²) in [7, 11) is -3.71. The molecule has 0 radical (unpaired) electrons. The van der Waals surface area contributed by atoms with Crippen LogP contribution in [0.3, 0.4) is 0 Å². The van der Waals surface area contributed by atoms with Crippen LogP contribution in [0.1, 0.15) is 53.4 Å². The van der Waals surface area contributed by atoms with Gasteiger partial charge in [-0.05, 0) is 59.3 Å². The zero-order valence-electron chi connectivity index (χ0n) is 13.9. The zero-order chi connectivity index (χ0) is 16.5. The van der Waals surface area contributed by atoms with Crippen molar-refractivity contribution in [2.75, 3.05) is 5.75 Å². The van der Waals surface area contributed by atoms with Gasteiger partial charge in [0.15, 0.2) is 0 Å². The number of hydrogen-bond acceptors (Lipinski definition) is 5. The normalized spacial score (nSPS) is 26.4. The molecule has 0 bridgehead atoms. The monoisotopic (exact) mass is 332 g/mol. The fourth-order valence-electron chi connectivity index (χ4n) is 3.24. The average Bonchev–Trinajstić information content (AvgIpc) is 3.02. The number of nitrogens with one attached hydrogen (secondary N) is 2. The maximum absolute atomic E-state index is 12.2. The topological polar surface area (TPSA) is 84.5 Å². The van der Waals surface area contributed by atoms with E-state index in [4.69, 9.17) is 4.74 Å². The maximum atomic E-state index is 12.2. The van der Waals surface area contributed by atoms with Crippen molar-refractivity contribution in [3.63, 3.8) is 0 Å². The van der Waals surface area contributed by atoms with Crippen LogP contribution in [-0.4, -0.2) is 43.9 Å². The van der Waals surface area contributed by atoms with Crippen molar-refractivity contribution in [1.82, 2.24) is 10.0 Å². The minimum Gasteiger partial charge on any atom is -0.372 e.